The molecular formula is C11H12ClN3S. The van der Waals surface area contributed by atoms with E-state index in [1.165, 1.54) is 4.88 Å². The van der Waals surface area contributed by atoms with E-state index >= 15 is 0 Å². The van der Waals surface area contributed by atoms with Crippen LogP contribution in [0, 0.1) is 6.92 Å². The second kappa shape index (κ2) is 4.72. The zero-order chi connectivity index (χ0) is 11.5. The Hall–Kier alpha value is -1.26. The molecule has 1 aromatic carbocycles. The lowest BCUT2D eigenvalue weighted by Crippen LogP contribution is -2.00. The van der Waals surface area contributed by atoms with Crippen molar-refractivity contribution in [1.29, 1.82) is 0 Å². The molecule has 0 saturated heterocycles. The van der Waals surface area contributed by atoms with E-state index in [0.29, 0.717) is 10.7 Å². The van der Waals surface area contributed by atoms with Gasteiger partial charge in [-0.15, -0.1) is 11.3 Å². The van der Waals surface area contributed by atoms with Gasteiger partial charge in [-0.1, -0.05) is 11.6 Å². The van der Waals surface area contributed by atoms with Crippen molar-refractivity contribution in [1.82, 2.24) is 4.98 Å². The number of hydrogen-bond donors (Lipinski definition) is 2. The fraction of sp³-hybridized carbons (Fsp3) is 0.182. The molecule has 3 N–H and O–H groups in total. The van der Waals surface area contributed by atoms with E-state index in [-0.39, 0.29) is 0 Å². The van der Waals surface area contributed by atoms with E-state index < -0.39 is 0 Å². The predicted octanol–water partition coefficient (Wildman–Crippen LogP) is 3.30. The molecule has 1 aromatic heterocycles. The van der Waals surface area contributed by atoms with Gasteiger partial charge < -0.3 is 11.1 Å². The lowest BCUT2D eigenvalue weighted by molar-refractivity contribution is 1.17. The molecule has 2 aromatic rings. The van der Waals surface area contributed by atoms with Crippen molar-refractivity contribution in [3.8, 4) is 0 Å². The van der Waals surface area contributed by atoms with Crippen LogP contribution in [-0.4, -0.2) is 4.98 Å². The molecule has 0 unspecified atom stereocenters. The van der Waals surface area contributed by atoms with E-state index in [9.17, 15) is 0 Å². The summed E-state index contributed by atoms with van der Waals surface area (Å²) in [5, 5.41) is 4.98. The Morgan fingerprint density at radius 1 is 1.50 bits per heavy atom. The molecule has 0 amide bonds. The van der Waals surface area contributed by atoms with E-state index in [1.807, 2.05) is 25.3 Å². The van der Waals surface area contributed by atoms with E-state index in [2.05, 4.69) is 10.3 Å². The topological polar surface area (TPSA) is 50.9 Å². The maximum absolute atomic E-state index is 5.83. The van der Waals surface area contributed by atoms with Gasteiger partial charge in [0.15, 0.2) is 0 Å². The molecule has 0 fully saturated rings. The summed E-state index contributed by atoms with van der Waals surface area (Å²) in [5.74, 6) is 0. The number of thiazole rings is 1. The molecule has 0 radical (unpaired) electrons. The normalized spacial score (nSPS) is 10.4. The number of aryl methyl sites for hydroxylation is 1. The number of benzene rings is 1. The molecule has 0 saturated carbocycles. The Morgan fingerprint density at radius 3 is 2.94 bits per heavy atom. The summed E-state index contributed by atoms with van der Waals surface area (Å²) in [5.41, 5.74) is 7.39. The summed E-state index contributed by atoms with van der Waals surface area (Å²) < 4.78 is 0. The predicted molar refractivity (Wildman–Crippen MR) is 70.0 cm³/mol. The smallest absolute Gasteiger partial charge is 0.0897 e. The van der Waals surface area contributed by atoms with Crippen molar-refractivity contribution < 1.29 is 0 Å². The Balaban J connectivity index is 2.04. The van der Waals surface area contributed by atoms with Gasteiger partial charge in [-0.3, -0.25) is 0 Å². The molecule has 0 aliphatic rings. The molecule has 0 atom stereocenters. The summed E-state index contributed by atoms with van der Waals surface area (Å²) in [6, 6.07) is 5.44. The van der Waals surface area contributed by atoms with E-state index in [0.717, 1.165) is 17.2 Å². The minimum Gasteiger partial charge on any atom is -0.397 e. The van der Waals surface area contributed by atoms with Crippen LogP contribution in [0.2, 0.25) is 5.02 Å². The number of rotatable bonds is 3. The Labute approximate surface area is 103 Å². The lowest BCUT2D eigenvalue weighted by atomic mass is 10.2. The lowest BCUT2D eigenvalue weighted by Gasteiger charge is -2.07. The first-order chi connectivity index (χ1) is 7.65. The van der Waals surface area contributed by atoms with Crippen LogP contribution >= 0.6 is 22.9 Å². The summed E-state index contributed by atoms with van der Waals surface area (Å²) in [6.45, 7) is 2.72. The van der Waals surface area contributed by atoms with Crippen LogP contribution in [0.5, 0.6) is 0 Å². The van der Waals surface area contributed by atoms with Crippen LogP contribution in [0.3, 0.4) is 0 Å². The number of nitrogen functional groups attached to an aromatic ring is 1. The second-order valence-corrected chi connectivity index (χ2v) is 5.19. The van der Waals surface area contributed by atoms with Crippen molar-refractivity contribution in [3.63, 3.8) is 0 Å². The number of nitrogens with one attached hydrogen (secondary N) is 1. The third-order valence-corrected chi connectivity index (χ3v) is 3.28. The first-order valence-corrected chi connectivity index (χ1v) is 6.05. The maximum Gasteiger partial charge on any atom is 0.0897 e. The average molecular weight is 254 g/mol. The van der Waals surface area contributed by atoms with Gasteiger partial charge in [-0.25, -0.2) is 4.98 Å². The van der Waals surface area contributed by atoms with Gasteiger partial charge in [0.1, 0.15) is 0 Å². The van der Waals surface area contributed by atoms with Crippen molar-refractivity contribution in [2.75, 3.05) is 11.1 Å². The number of halogens is 1. The van der Waals surface area contributed by atoms with Gasteiger partial charge in [0.25, 0.3) is 0 Å². The summed E-state index contributed by atoms with van der Waals surface area (Å²) in [7, 11) is 0. The largest absolute Gasteiger partial charge is 0.397 e. The fourth-order valence-corrected chi connectivity index (χ4v) is 2.28. The van der Waals surface area contributed by atoms with Crippen molar-refractivity contribution in [3.05, 3.63) is 39.3 Å². The van der Waals surface area contributed by atoms with Crippen LogP contribution in [0.15, 0.2) is 24.4 Å². The van der Waals surface area contributed by atoms with Crippen molar-refractivity contribution in [2.24, 2.45) is 0 Å². The maximum atomic E-state index is 5.83. The first kappa shape index (κ1) is 11.2. The number of nitrogens with two attached hydrogens (primary N) is 1. The molecule has 0 spiro atoms. The average Bonchev–Trinajstić information content (AvgIpc) is 2.63. The highest BCUT2D eigenvalue weighted by molar-refractivity contribution is 7.11. The second-order valence-electron chi connectivity index (χ2n) is 3.43. The number of anilines is 2. The molecule has 0 aliphatic heterocycles. The van der Waals surface area contributed by atoms with Crippen LogP contribution in [-0.2, 0) is 6.54 Å². The van der Waals surface area contributed by atoms with Gasteiger partial charge >= 0.3 is 0 Å². The van der Waals surface area contributed by atoms with Gasteiger partial charge in [-0.2, -0.15) is 0 Å². The molecule has 84 valence electrons. The van der Waals surface area contributed by atoms with E-state index in [4.69, 9.17) is 17.3 Å². The van der Waals surface area contributed by atoms with Gasteiger partial charge in [0.05, 0.1) is 22.9 Å². The molecule has 0 aliphatic carbocycles. The summed E-state index contributed by atoms with van der Waals surface area (Å²) in [6.07, 6.45) is 1.87. The van der Waals surface area contributed by atoms with Gasteiger partial charge in [0.2, 0.25) is 0 Å². The quantitative estimate of drug-likeness (QED) is 0.826. The molecule has 5 heteroatoms. The fourth-order valence-electron chi connectivity index (χ4n) is 1.36. The minimum atomic E-state index is 0.650. The SMILES string of the molecule is Cc1ncc(CNc2ccc(Cl)cc2N)s1. The Kier molecular flexibility index (Phi) is 3.31. The van der Waals surface area contributed by atoms with Crippen LogP contribution in [0.4, 0.5) is 11.4 Å². The van der Waals surface area contributed by atoms with Gasteiger partial charge in [-0.05, 0) is 25.1 Å². The van der Waals surface area contributed by atoms with Crippen molar-refractivity contribution >= 4 is 34.3 Å². The molecule has 0 bridgehead atoms. The Morgan fingerprint density at radius 2 is 2.31 bits per heavy atom. The monoisotopic (exact) mass is 253 g/mol. The third kappa shape index (κ3) is 2.65. The molecule has 16 heavy (non-hydrogen) atoms. The standard InChI is InChI=1S/C11H12ClN3S/c1-7-14-5-9(16-7)6-15-11-3-2-8(12)4-10(11)13/h2-5,15H,6,13H2,1H3. The molecule has 1 heterocycles. The molecule has 3 nitrogen and oxygen atoms in total. The summed E-state index contributed by atoms with van der Waals surface area (Å²) in [4.78, 5) is 5.38. The summed E-state index contributed by atoms with van der Waals surface area (Å²) >= 11 is 7.50. The van der Waals surface area contributed by atoms with Crippen LogP contribution < -0.4 is 11.1 Å². The van der Waals surface area contributed by atoms with Crippen LogP contribution in [0.25, 0.3) is 0 Å². The Bertz CT molecular complexity index is 496. The number of aromatic nitrogens is 1. The molecular weight excluding hydrogens is 242 g/mol. The van der Waals surface area contributed by atoms with Crippen LogP contribution in [0.1, 0.15) is 9.88 Å². The van der Waals surface area contributed by atoms with Crippen molar-refractivity contribution in [2.45, 2.75) is 13.5 Å². The number of nitrogens with zero attached hydrogens (tertiary/aromatic N) is 1. The highest BCUT2D eigenvalue weighted by Gasteiger charge is 2.01. The zero-order valence-electron chi connectivity index (χ0n) is 8.83. The molecule has 2 rings (SSSR count). The minimum absolute atomic E-state index is 0.650. The highest BCUT2D eigenvalue weighted by Crippen LogP contribution is 2.23. The zero-order valence-corrected chi connectivity index (χ0v) is 10.4. The first-order valence-electron chi connectivity index (χ1n) is 4.85. The third-order valence-electron chi connectivity index (χ3n) is 2.14. The van der Waals surface area contributed by atoms with Gasteiger partial charge in [0, 0.05) is 16.1 Å². The number of hydrogen-bond acceptors (Lipinski definition) is 4. The highest BCUT2D eigenvalue weighted by atomic mass is 35.5. The van der Waals surface area contributed by atoms with E-state index in [1.54, 1.807) is 17.4 Å².